The maximum atomic E-state index is 11.1. The number of ether oxygens (including phenoxy) is 1. The molecule has 2 heterocycles. The second kappa shape index (κ2) is 11.2. The fourth-order valence-electron chi connectivity index (χ4n) is 4.24. The molecule has 1 aliphatic rings. The summed E-state index contributed by atoms with van der Waals surface area (Å²) in [6, 6.07) is 17.4. The first-order valence-corrected chi connectivity index (χ1v) is 12.2. The molecule has 1 atom stereocenters. The van der Waals surface area contributed by atoms with Crippen LogP contribution in [0.3, 0.4) is 0 Å². The highest BCUT2D eigenvalue weighted by atomic mass is 32.1. The van der Waals surface area contributed by atoms with Crippen molar-refractivity contribution in [3.63, 3.8) is 0 Å². The molecule has 1 unspecified atom stereocenters. The van der Waals surface area contributed by atoms with Crippen molar-refractivity contribution in [3.8, 4) is 17.6 Å². The lowest BCUT2D eigenvalue weighted by Gasteiger charge is -2.26. The van der Waals surface area contributed by atoms with Crippen LogP contribution in [0.2, 0.25) is 0 Å². The molecule has 0 amide bonds. The predicted molar refractivity (Wildman–Crippen MR) is 134 cm³/mol. The molecular weight excluding hydrogens is 464 g/mol. The van der Waals surface area contributed by atoms with Crippen LogP contribution in [0, 0.1) is 22.0 Å². The van der Waals surface area contributed by atoms with Gasteiger partial charge in [-0.15, -0.1) is 5.92 Å². The van der Waals surface area contributed by atoms with Gasteiger partial charge in [0.25, 0.3) is 0 Å². The Hall–Kier alpha value is -3.67. The van der Waals surface area contributed by atoms with Crippen molar-refractivity contribution in [1.29, 1.82) is 0 Å². The summed E-state index contributed by atoms with van der Waals surface area (Å²) in [5.74, 6) is 5.25. The van der Waals surface area contributed by atoms with E-state index in [0.717, 1.165) is 47.6 Å². The standard InChI is InChI=1S/C27H26N2O5S/c1-2-4-22(15-27(30)31)21-7-9-24(10-8-21)34-18-20-6-3-5-19(13-20)16-28-12-11-25-23(17-28)14-26(35-25)29(32)33/h3,5-10,13-14,22H,11-12,15-18H2,1H3,(H,30,31). The summed E-state index contributed by atoms with van der Waals surface area (Å²) < 4.78 is 5.96. The Balaban J connectivity index is 1.34. The maximum Gasteiger partial charge on any atom is 0.324 e. The number of benzene rings is 2. The zero-order chi connectivity index (χ0) is 24.8. The third-order valence-corrected chi connectivity index (χ3v) is 7.08. The molecule has 35 heavy (non-hydrogen) atoms. The van der Waals surface area contributed by atoms with E-state index in [1.165, 1.54) is 16.9 Å². The van der Waals surface area contributed by atoms with Gasteiger partial charge in [-0.2, -0.15) is 0 Å². The minimum atomic E-state index is -0.875. The van der Waals surface area contributed by atoms with Crippen LogP contribution in [0.15, 0.2) is 54.6 Å². The van der Waals surface area contributed by atoms with Crippen molar-refractivity contribution in [1.82, 2.24) is 4.90 Å². The number of rotatable bonds is 9. The molecule has 0 radical (unpaired) electrons. The SMILES string of the molecule is CC#CC(CC(=O)O)c1ccc(OCc2cccc(CN3CCc4sc([N+](=O)[O-])cc4C3)c2)cc1. The first kappa shape index (κ1) is 24.5. The number of carbonyl (C=O) groups is 1. The third-order valence-electron chi connectivity index (χ3n) is 5.90. The number of nitro groups is 1. The normalized spacial score (nSPS) is 13.9. The summed E-state index contributed by atoms with van der Waals surface area (Å²) in [7, 11) is 0. The van der Waals surface area contributed by atoms with E-state index in [4.69, 9.17) is 9.84 Å². The van der Waals surface area contributed by atoms with E-state index in [0.29, 0.717) is 12.4 Å². The largest absolute Gasteiger partial charge is 0.489 e. The monoisotopic (exact) mass is 490 g/mol. The van der Waals surface area contributed by atoms with Gasteiger partial charge in [-0.25, -0.2) is 0 Å². The number of thiophene rings is 1. The molecule has 0 saturated carbocycles. The molecule has 1 N–H and O–H groups in total. The second-order valence-electron chi connectivity index (χ2n) is 8.47. The smallest absolute Gasteiger partial charge is 0.324 e. The van der Waals surface area contributed by atoms with E-state index in [-0.39, 0.29) is 22.3 Å². The molecule has 0 fully saturated rings. The zero-order valence-corrected chi connectivity index (χ0v) is 20.2. The fraction of sp³-hybridized carbons (Fsp3) is 0.296. The van der Waals surface area contributed by atoms with Crippen LogP contribution in [0.1, 0.15) is 46.4 Å². The highest BCUT2D eigenvalue weighted by Crippen LogP contribution is 2.33. The van der Waals surface area contributed by atoms with E-state index in [1.54, 1.807) is 13.0 Å². The molecule has 8 heteroatoms. The van der Waals surface area contributed by atoms with Crippen LogP contribution in [0.25, 0.3) is 0 Å². The highest BCUT2D eigenvalue weighted by molar-refractivity contribution is 7.15. The molecule has 0 spiro atoms. The molecule has 1 aromatic heterocycles. The first-order valence-electron chi connectivity index (χ1n) is 11.3. The Morgan fingerprint density at radius 1 is 1.23 bits per heavy atom. The number of aliphatic carboxylic acids is 1. The van der Waals surface area contributed by atoms with Crippen molar-refractivity contribution in [3.05, 3.63) is 91.8 Å². The second-order valence-corrected chi connectivity index (χ2v) is 9.59. The Morgan fingerprint density at radius 3 is 2.71 bits per heavy atom. The minimum Gasteiger partial charge on any atom is -0.489 e. The van der Waals surface area contributed by atoms with E-state index in [1.807, 2.05) is 36.4 Å². The Morgan fingerprint density at radius 2 is 2.00 bits per heavy atom. The number of fused-ring (bicyclic) bond motifs is 1. The van der Waals surface area contributed by atoms with Crippen molar-refractivity contribution in [2.75, 3.05) is 6.54 Å². The molecule has 3 aromatic rings. The van der Waals surface area contributed by atoms with Crippen molar-refractivity contribution >= 4 is 22.3 Å². The van der Waals surface area contributed by atoms with Crippen molar-refractivity contribution in [2.24, 2.45) is 0 Å². The fourth-order valence-corrected chi connectivity index (χ4v) is 5.22. The van der Waals surface area contributed by atoms with Gasteiger partial charge in [0.2, 0.25) is 0 Å². The van der Waals surface area contributed by atoms with E-state index in [9.17, 15) is 14.9 Å². The van der Waals surface area contributed by atoms with Gasteiger partial charge < -0.3 is 9.84 Å². The van der Waals surface area contributed by atoms with Crippen LogP contribution in [-0.4, -0.2) is 27.4 Å². The molecule has 0 bridgehead atoms. The summed E-state index contributed by atoms with van der Waals surface area (Å²) in [6.07, 6.45) is 0.805. The lowest BCUT2D eigenvalue weighted by molar-refractivity contribution is -0.380. The summed E-state index contributed by atoms with van der Waals surface area (Å²) in [6.45, 7) is 4.49. The van der Waals surface area contributed by atoms with Gasteiger partial charge in [0.1, 0.15) is 12.4 Å². The van der Waals surface area contributed by atoms with Gasteiger partial charge in [0.05, 0.1) is 17.3 Å². The minimum absolute atomic E-state index is 0.0323. The zero-order valence-electron chi connectivity index (χ0n) is 19.4. The summed E-state index contributed by atoms with van der Waals surface area (Å²) >= 11 is 1.29. The number of hydrogen-bond acceptors (Lipinski definition) is 6. The molecule has 1 aliphatic heterocycles. The van der Waals surface area contributed by atoms with Gasteiger partial charge in [-0.1, -0.05) is 53.7 Å². The van der Waals surface area contributed by atoms with Crippen molar-refractivity contribution in [2.45, 2.75) is 45.4 Å². The molecular formula is C27H26N2O5S. The van der Waals surface area contributed by atoms with Gasteiger partial charge >= 0.3 is 11.0 Å². The quantitative estimate of drug-likeness (QED) is 0.246. The number of carboxylic acid groups (broad SMARTS) is 1. The molecule has 7 nitrogen and oxygen atoms in total. The van der Waals surface area contributed by atoms with E-state index < -0.39 is 5.97 Å². The van der Waals surface area contributed by atoms with Gasteiger partial charge in [-0.05, 0) is 47.7 Å². The molecule has 0 aliphatic carbocycles. The molecule has 4 rings (SSSR count). The van der Waals surface area contributed by atoms with Crippen LogP contribution in [0.4, 0.5) is 5.00 Å². The van der Waals surface area contributed by atoms with Crippen LogP contribution in [-0.2, 0) is 30.9 Å². The third kappa shape index (κ3) is 6.47. The van der Waals surface area contributed by atoms with Crippen LogP contribution >= 0.6 is 11.3 Å². The van der Waals surface area contributed by atoms with E-state index >= 15 is 0 Å². The highest BCUT2D eigenvalue weighted by Gasteiger charge is 2.23. The van der Waals surface area contributed by atoms with Gasteiger partial charge in [-0.3, -0.25) is 19.8 Å². The number of carboxylic acids is 1. The Bertz CT molecular complexity index is 1270. The molecule has 2 aromatic carbocycles. The number of nitrogens with zero attached hydrogens (tertiary/aromatic N) is 2. The average Bonchev–Trinajstić information content (AvgIpc) is 3.27. The molecule has 180 valence electrons. The predicted octanol–water partition coefficient (Wildman–Crippen LogP) is 5.38. The lowest BCUT2D eigenvalue weighted by Crippen LogP contribution is -2.29. The Labute approximate surface area is 208 Å². The Kier molecular flexibility index (Phi) is 7.80. The van der Waals surface area contributed by atoms with Crippen molar-refractivity contribution < 1.29 is 19.6 Å². The van der Waals surface area contributed by atoms with E-state index in [2.05, 4.69) is 28.9 Å². The van der Waals surface area contributed by atoms with Crippen LogP contribution < -0.4 is 4.74 Å². The topological polar surface area (TPSA) is 92.9 Å². The maximum absolute atomic E-state index is 11.1. The summed E-state index contributed by atoms with van der Waals surface area (Å²) in [5.41, 5.74) is 4.14. The van der Waals surface area contributed by atoms with Gasteiger partial charge in [0, 0.05) is 30.6 Å². The molecule has 0 saturated heterocycles. The lowest BCUT2D eigenvalue weighted by atomic mass is 9.96. The van der Waals surface area contributed by atoms with Gasteiger partial charge in [0.15, 0.2) is 0 Å². The summed E-state index contributed by atoms with van der Waals surface area (Å²) in [5, 5.41) is 20.4. The van der Waals surface area contributed by atoms with Crippen LogP contribution in [0.5, 0.6) is 5.75 Å². The summed E-state index contributed by atoms with van der Waals surface area (Å²) in [4.78, 5) is 25.3. The first-order chi connectivity index (χ1) is 16.9. The average molecular weight is 491 g/mol. The number of hydrogen-bond donors (Lipinski definition) is 1.